The van der Waals surface area contributed by atoms with Crippen LogP contribution in [0, 0.1) is 5.92 Å². The maximum absolute atomic E-state index is 11.4. The maximum atomic E-state index is 11.4. The quantitative estimate of drug-likeness (QED) is 0.538. The Morgan fingerprint density at radius 3 is 2.53 bits per heavy atom. The minimum Gasteiger partial charge on any atom is -0.356 e. The van der Waals surface area contributed by atoms with Crippen LogP contribution in [0.3, 0.4) is 0 Å². The predicted molar refractivity (Wildman–Crippen MR) is 64.4 cm³/mol. The van der Waals surface area contributed by atoms with Gasteiger partial charge in [0, 0.05) is 25.4 Å². The number of hydrogen-bond acceptors (Lipinski definition) is 3. The average molecular weight is 239 g/mol. The molecule has 1 heterocycles. The first-order chi connectivity index (χ1) is 8.24. The number of carbonyl (C=O) groups is 2. The topological polar surface area (TPSA) is 70.2 Å². The van der Waals surface area contributed by atoms with Crippen molar-refractivity contribution < 1.29 is 9.59 Å². The van der Waals surface area contributed by atoms with E-state index in [1.165, 1.54) is 0 Å². The van der Waals surface area contributed by atoms with E-state index in [4.69, 9.17) is 0 Å². The molecule has 5 heteroatoms. The van der Waals surface area contributed by atoms with E-state index in [1.54, 1.807) is 0 Å². The van der Waals surface area contributed by atoms with Crippen LogP contribution < -0.4 is 16.0 Å². The molecule has 0 aromatic rings. The smallest absolute Gasteiger partial charge is 0.220 e. The van der Waals surface area contributed by atoms with Crippen LogP contribution in [0.4, 0.5) is 0 Å². The number of hydrogen-bond donors (Lipinski definition) is 3. The van der Waals surface area contributed by atoms with Gasteiger partial charge in [-0.15, -0.1) is 0 Å². The molecule has 0 aromatic carbocycles. The third-order valence-corrected chi connectivity index (χ3v) is 3.19. The standard InChI is InChI=1S/C12H21N3O2/c16-11(15-10-3-4-10)2-1-5-14-12(17)6-9-7-13-8-9/h9-10,13H,1-8H2,(H,14,17)(H,15,16). The Morgan fingerprint density at radius 2 is 1.94 bits per heavy atom. The van der Waals surface area contributed by atoms with Gasteiger partial charge in [0.1, 0.15) is 0 Å². The molecule has 2 rings (SSSR count). The fourth-order valence-corrected chi connectivity index (χ4v) is 1.83. The van der Waals surface area contributed by atoms with Gasteiger partial charge >= 0.3 is 0 Å². The fourth-order valence-electron chi connectivity index (χ4n) is 1.83. The normalized spacial score (nSPS) is 19.5. The molecule has 1 aliphatic heterocycles. The second-order valence-electron chi connectivity index (χ2n) is 5.02. The Kier molecular flexibility index (Phi) is 4.36. The fraction of sp³-hybridized carbons (Fsp3) is 0.833. The van der Waals surface area contributed by atoms with Crippen molar-refractivity contribution in [3.05, 3.63) is 0 Å². The summed E-state index contributed by atoms with van der Waals surface area (Å²) in [6.07, 6.45) is 4.10. The number of nitrogens with one attached hydrogen (secondary N) is 3. The predicted octanol–water partition coefficient (Wildman–Crippen LogP) is -0.229. The Balaban J connectivity index is 1.44. The molecule has 1 aliphatic carbocycles. The van der Waals surface area contributed by atoms with Gasteiger partial charge in [0.2, 0.25) is 11.8 Å². The molecule has 0 bridgehead atoms. The van der Waals surface area contributed by atoms with Crippen LogP contribution in [-0.4, -0.2) is 37.5 Å². The van der Waals surface area contributed by atoms with E-state index in [0.717, 1.165) is 32.4 Å². The molecule has 2 amide bonds. The van der Waals surface area contributed by atoms with Crippen molar-refractivity contribution in [2.45, 2.75) is 38.1 Å². The van der Waals surface area contributed by atoms with E-state index >= 15 is 0 Å². The second kappa shape index (κ2) is 6.00. The van der Waals surface area contributed by atoms with E-state index in [-0.39, 0.29) is 11.8 Å². The molecular formula is C12H21N3O2. The molecule has 17 heavy (non-hydrogen) atoms. The third-order valence-electron chi connectivity index (χ3n) is 3.19. The van der Waals surface area contributed by atoms with E-state index in [1.807, 2.05) is 0 Å². The van der Waals surface area contributed by atoms with Crippen LogP contribution in [0.25, 0.3) is 0 Å². The molecule has 0 aromatic heterocycles. The molecular weight excluding hydrogens is 218 g/mol. The van der Waals surface area contributed by atoms with Gasteiger partial charge < -0.3 is 16.0 Å². The van der Waals surface area contributed by atoms with E-state index in [0.29, 0.717) is 31.3 Å². The second-order valence-corrected chi connectivity index (χ2v) is 5.02. The van der Waals surface area contributed by atoms with Gasteiger partial charge in [-0.25, -0.2) is 0 Å². The van der Waals surface area contributed by atoms with Crippen LogP contribution >= 0.6 is 0 Å². The third kappa shape index (κ3) is 4.73. The number of amides is 2. The highest BCUT2D eigenvalue weighted by Gasteiger charge is 2.23. The molecule has 96 valence electrons. The lowest BCUT2D eigenvalue weighted by Crippen LogP contribution is -2.44. The van der Waals surface area contributed by atoms with Gasteiger partial charge in [0.25, 0.3) is 0 Å². The minimum absolute atomic E-state index is 0.110. The van der Waals surface area contributed by atoms with Crippen molar-refractivity contribution >= 4 is 11.8 Å². The average Bonchev–Trinajstić information content (AvgIpc) is 3.02. The zero-order chi connectivity index (χ0) is 12.1. The van der Waals surface area contributed by atoms with Crippen molar-refractivity contribution in [3.8, 4) is 0 Å². The SMILES string of the molecule is O=C(CC1CNC1)NCCCC(=O)NC1CC1. The van der Waals surface area contributed by atoms with Crippen LogP contribution in [0.5, 0.6) is 0 Å². The molecule has 1 saturated carbocycles. The highest BCUT2D eigenvalue weighted by Crippen LogP contribution is 2.18. The Bertz CT molecular complexity index is 285. The summed E-state index contributed by atoms with van der Waals surface area (Å²) in [5, 5.41) is 8.93. The summed E-state index contributed by atoms with van der Waals surface area (Å²) >= 11 is 0. The van der Waals surface area contributed by atoms with Crippen molar-refractivity contribution in [1.29, 1.82) is 0 Å². The Labute approximate surface area is 102 Å². The largest absolute Gasteiger partial charge is 0.356 e. The maximum Gasteiger partial charge on any atom is 0.220 e. The molecule has 0 unspecified atom stereocenters. The molecule has 5 nitrogen and oxygen atoms in total. The number of rotatable bonds is 7. The lowest BCUT2D eigenvalue weighted by atomic mass is 9.99. The highest BCUT2D eigenvalue weighted by atomic mass is 16.2. The molecule has 0 radical (unpaired) electrons. The summed E-state index contributed by atoms with van der Waals surface area (Å²) in [6, 6.07) is 0.434. The van der Waals surface area contributed by atoms with Gasteiger partial charge in [-0.05, 0) is 38.3 Å². The van der Waals surface area contributed by atoms with Crippen molar-refractivity contribution in [2.24, 2.45) is 5.92 Å². The van der Waals surface area contributed by atoms with Crippen LogP contribution in [0.15, 0.2) is 0 Å². The molecule has 0 atom stereocenters. The number of carbonyl (C=O) groups excluding carboxylic acids is 2. The summed E-state index contributed by atoms with van der Waals surface area (Å²) in [5.41, 5.74) is 0. The first-order valence-corrected chi connectivity index (χ1v) is 6.51. The summed E-state index contributed by atoms with van der Waals surface area (Å²) < 4.78 is 0. The minimum atomic E-state index is 0.110. The zero-order valence-electron chi connectivity index (χ0n) is 10.1. The van der Waals surface area contributed by atoms with E-state index < -0.39 is 0 Å². The zero-order valence-corrected chi connectivity index (χ0v) is 10.1. The summed E-state index contributed by atoms with van der Waals surface area (Å²) in [7, 11) is 0. The first-order valence-electron chi connectivity index (χ1n) is 6.51. The summed E-state index contributed by atoms with van der Waals surface area (Å²) in [6.45, 7) is 2.52. The molecule has 3 N–H and O–H groups in total. The lowest BCUT2D eigenvalue weighted by Gasteiger charge is -2.26. The van der Waals surface area contributed by atoms with Crippen LogP contribution in [0.2, 0.25) is 0 Å². The Morgan fingerprint density at radius 1 is 1.18 bits per heavy atom. The van der Waals surface area contributed by atoms with Crippen LogP contribution in [-0.2, 0) is 9.59 Å². The molecule has 2 aliphatic rings. The van der Waals surface area contributed by atoms with Gasteiger partial charge in [0.15, 0.2) is 0 Å². The molecule has 1 saturated heterocycles. The summed E-state index contributed by atoms with van der Waals surface area (Å²) in [5.74, 6) is 0.734. The van der Waals surface area contributed by atoms with Crippen LogP contribution in [0.1, 0.15) is 32.1 Å². The van der Waals surface area contributed by atoms with Gasteiger partial charge in [-0.3, -0.25) is 9.59 Å². The van der Waals surface area contributed by atoms with E-state index in [9.17, 15) is 9.59 Å². The Hall–Kier alpha value is -1.10. The first kappa shape index (κ1) is 12.4. The lowest BCUT2D eigenvalue weighted by molar-refractivity contribution is -0.123. The molecule has 0 spiro atoms. The van der Waals surface area contributed by atoms with Crippen molar-refractivity contribution in [2.75, 3.05) is 19.6 Å². The van der Waals surface area contributed by atoms with Gasteiger partial charge in [-0.1, -0.05) is 0 Å². The monoisotopic (exact) mass is 239 g/mol. The van der Waals surface area contributed by atoms with Crippen molar-refractivity contribution in [1.82, 2.24) is 16.0 Å². The molecule has 2 fully saturated rings. The van der Waals surface area contributed by atoms with Gasteiger partial charge in [-0.2, -0.15) is 0 Å². The highest BCUT2D eigenvalue weighted by molar-refractivity contribution is 5.77. The van der Waals surface area contributed by atoms with E-state index in [2.05, 4.69) is 16.0 Å². The van der Waals surface area contributed by atoms with Gasteiger partial charge in [0.05, 0.1) is 0 Å². The van der Waals surface area contributed by atoms with Crippen molar-refractivity contribution in [3.63, 3.8) is 0 Å². The summed E-state index contributed by atoms with van der Waals surface area (Å²) in [4.78, 5) is 22.8.